The van der Waals surface area contributed by atoms with Crippen molar-refractivity contribution < 1.29 is 0 Å². The van der Waals surface area contributed by atoms with Gasteiger partial charge in [-0.15, -0.1) is 0 Å². The minimum absolute atomic E-state index is 0.578. The molecule has 19 heavy (non-hydrogen) atoms. The number of nitrogens with zero attached hydrogens (tertiary/aromatic N) is 2. The Morgan fingerprint density at radius 1 is 1.16 bits per heavy atom. The number of rotatable bonds is 10. The first-order valence-electron chi connectivity index (χ1n) is 7.93. The van der Waals surface area contributed by atoms with Crippen LogP contribution in [0.1, 0.15) is 58.6 Å². The molecule has 0 saturated heterocycles. The Bertz CT molecular complexity index is 326. The molecule has 0 spiro atoms. The zero-order valence-corrected chi connectivity index (χ0v) is 13.2. The maximum Gasteiger partial charge on any atom is 0.0640 e. The third kappa shape index (κ3) is 5.77. The van der Waals surface area contributed by atoms with Gasteiger partial charge in [0.1, 0.15) is 0 Å². The molecule has 0 bridgehead atoms. The summed E-state index contributed by atoms with van der Waals surface area (Å²) in [6.45, 7) is 7.93. The average molecular weight is 265 g/mol. The molecule has 0 aliphatic rings. The first-order valence-corrected chi connectivity index (χ1v) is 7.93. The van der Waals surface area contributed by atoms with Crippen LogP contribution in [-0.4, -0.2) is 22.4 Å². The molecule has 1 heterocycles. The van der Waals surface area contributed by atoms with E-state index in [1.165, 1.54) is 37.8 Å². The summed E-state index contributed by atoms with van der Waals surface area (Å²) in [4.78, 5) is 0. The predicted octanol–water partition coefficient (Wildman–Crippen LogP) is 3.55. The van der Waals surface area contributed by atoms with Crippen LogP contribution in [0.4, 0.5) is 0 Å². The second-order valence-electron chi connectivity index (χ2n) is 5.58. The summed E-state index contributed by atoms with van der Waals surface area (Å²) in [5.41, 5.74) is 1.22. The Kier molecular flexibility index (Phi) is 7.80. The summed E-state index contributed by atoms with van der Waals surface area (Å²) in [6.07, 6.45) is 9.49. The second kappa shape index (κ2) is 9.13. The molecule has 1 aromatic heterocycles. The molecule has 0 aliphatic carbocycles. The third-order valence-corrected chi connectivity index (χ3v) is 3.74. The summed E-state index contributed by atoms with van der Waals surface area (Å²) in [6, 6.07) is 2.73. The van der Waals surface area contributed by atoms with E-state index >= 15 is 0 Å². The molecule has 3 nitrogen and oxygen atoms in total. The van der Waals surface area contributed by atoms with Gasteiger partial charge in [0.15, 0.2) is 0 Å². The van der Waals surface area contributed by atoms with Gasteiger partial charge in [0.05, 0.1) is 5.69 Å². The highest BCUT2D eigenvalue weighted by Gasteiger charge is 2.20. The summed E-state index contributed by atoms with van der Waals surface area (Å²) < 4.78 is 1.90. The standard InChI is InChI=1S/C16H31N3/c1-5-8-14(9-6-2)16(17-11-7-3)13-15-10-12-19(4)18-15/h10,12,14,16-17H,5-9,11,13H2,1-4H3. The van der Waals surface area contributed by atoms with E-state index in [1.54, 1.807) is 0 Å². The highest BCUT2D eigenvalue weighted by molar-refractivity contribution is 5.02. The largest absolute Gasteiger partial charge is 0.313 e. The number of aromatic nitrogens is 2. The molecule has 1 atom stereocenters. The van der Waals surface area contributed by atoms with Crippen LogP contribution in [0, 0.1) is 5.92 Å². The van der Waals surface area contributed by atoms with E-state index in [2.05, 4.69) is 37.3 Å². The van der Waals surface area contributed by atoms with Crippen molar-refractivity contribution in [2.45, 2.75) is 65.3 Å². The molecule has 0 radical (unpaired) electrons. The van der Waals surface area contributed by atoms with Crippen molar-refractivity contribution >= 4 is 0 Å². The number of hydrogen-bond donors (Lipinski definition) is 1. The lowest BCUT2D eigenvalue weighted by Crippen LogP contribution is -2.38. The van der Waals surface area contributed by atoms with E-state index < -0.39 is 0 Å². The molecule has 0 aliphatic heterocycles. The van der Waals surface area contributed by atoms with E-state index in [1.807, 2.05) is 17.9 Å². The van der Waals surface area contributed by atoms with E-state index in [4.69, 9.17) is 0 Å². The molecule has 0 fully saturated rings. The minimum Gasteiger partial charge on any atom is -0.313 e. The van der Waals surface area contributed by atoms with E-state index in [0.29, 0.717) is 6.04 Å². The van der Waals surface area contributed by atoms with E-state index in [0.717, 1.165) is 18.9 Å². The Balaban J connectivity index is 2.67. The molecule has 1 N–H and O–H groups in total. The van der Waals surface area contributed by atoms with Crippen LogP contribution in [-0.2, 0) is 13.5 Å². The van der Waals surface area contributed by atoms with E-state index in [-0.39, 0.29) is 0 Å². The Hall–Kier alpha value is -0.830. The average Bonchev–Trinajstić information content (AvgIpc) is 2.80. The fourth-order valence-corrected chi connectivity index (χ4v) is 2.82. The predicted molar refractivity (Wildman–Crippen MR) is 82.3 cm³/mol. The highest BCUT2D eigenvalue weighted by atomic mass is 15.2. The van der Waals surface area contributed by atoms with Crippen LogP contribution in [0.15, 0.2) is 12.3 Å². The molecule has 0 amide bonds. The van der Waals surface area contributed by atoms with Gasteiger partial charge in [-0.2, -0.15) is 5.10 Å². The fraction of sp³-hybridized carbons (Fsp3) is 0.812. The molecule has 0 saturated carbocycles. The molecule has 1 rings (SSSR count). The first-order chi connectivity index (χ1) is 9.21. The highest BCUT2D eigenvalue weighted by Crippen LogP contribution is 2.20. The monoisotopic (exact) mass is 265 g/mol. The van der Waals surface area contributed by atoms with Crippen molar-refractivity contribution in [3.8, 4) is 0 Å². The second-order valence-corrected chi connectivity index (χ2v) is 5.58. The zero-order valence-electron chi connectivity index (χ0n) is 13.2. The van der Waals surface area contributed by atoms with Gasteiger partial charge >= 0.3 is 0 Å². The van der Waals surface area contributed by atoms with Crippen molar-refractivity contribution in [2.75, 3.05) is 6.54 Å². The fourth-order valence-electron chi connectivity index (χ4n) is 2.82. The van der Waals surface area contributed by atoms with Crippen LogP contribution >= 0.6 is 0 Å². The third-order valence-electron chi connectivity index (χ3n) is 3.74. The van der Waals surface area contributed by atoms with Crippen LogP contribution in [0.3, 0.4) is 0 Å². The minimum atomic E-state index is 0.578. The van der Waals surface area contributed by atoms with Gasteiger partial charge in [-0.3, -0.25) is 4.68 Å². The van der Waals surface area contributed by atoms with Gasteiger partial charge in [0.2, 0.25) is 0 Å². The molecule has 1 aromatic rings. The lowest BCUT2D eigenvalue weighted by molar-refractivity contribution is 0.307. The normalized spacial score (nSPS) is 13.1. The summed E-state index contributed by atoms with van der Waals surface area (Å²) >= 11 is 0. The molecule has 1 unspecified atom stereocenters. The van der Waals surface area contributed by atoms with Gasteiger partial charge in [-0.1, -0.05) is 33.6 Å². The molecule has 110 valence electrons. The van der Waals surface area contributed by atoms with Gasteiger partial charge in [0.25, 0.3) is 0 Å². The Morgan fingerprint density at radius 3 is 2.32 bits per heavy atom. The van der Waals surface area contributed by atoms with Gasteiger partial charge in [0, 0.05) is 25.7 Å². The summed E-state index contributed by atoms with van der Waals surface area (Å²) in [5.74, 6) is 0.781. The zero-order chi connectivity index (χ0) is 14.1. The van der Waals surface area contributed by atoms with Crippen molar-refractivity contribution in [3.05, 3.63) is 18.0 Å². The smallest absolute Gasteiger partial charge is 0.0640 e. The quantitative estimate of drug-likeness (QED) is 0.701. The van der Waals surface area contributed by atoms with Crippen LogP contribution in [0.25, 0.3) is 0 Å². The summed E-state index contributed by atoms with van der Waals surface area (Å²) in [7, 11) is 1.99. The van der Waals surface area contributed by atoms with Crippen molar-refractivity contribution in [3.63, 3.8) is 0 Å². The van der Waals surface area contributed by atoms with Gasteiger partial charge in [-0.05, 0) is 37.8 Å². The van der Waals surface area contributed by atoms with Crippen molar-refractivity contribution in [1.29, 1.82) is 0 Å². The van der Waals surface area contributed by atoms with Crippen LogP contribution in [0.2, 0.25) is 0 Å². The van der Waals surface area contributed by atoms with Crippen molar-refractivity contribution in [1.82, 2.24) is 15.1 Å². The molecule has 3 heteroatoms. The molecular weight excluding hydrogens is 234 g/mol. The van der Waals surface area contributed by atoms with Gasteiger partial charge < -0.3 is 5.32 Å². The van der Waals surface area contributed by atoms with E-state index in [9.17, 15) is 0 Å². The maximum absolute atomic E-state index is 4.54. The first kappa shape index (κ1) is 16.2. The molecular formula is C16H31N3. The number of hydrogen-bond acceptors (Lipinski definition) is 2. The Labute approximate surface area is 118 Å². The van der Waals surface area contributed by atoms with Gasteiger partial charge in [-0.25, -0.2) is 0 Å². The summed E-state index contributed by atoms with van der Waals surface area (Å²) in [5, 5.41) is 8.29. The number of aryl methyl sites for hydroxylation is 1. The maximum atomic E-state index is 4.54. The van der Waals surface area contributed by atoms with Crippen LogP contribution in [0.5, 0.6) is 0 Å². The topological polar surface area (TPSA) is 29.9 Å². The SMILES string of the molecule is CCCNC(Cc1ccn(C)n1)C(CCC)CCC. The van der Waals surface area contributed by atoms with Crippen LogP contribution < -0.4 is 5.32 Å². The lowest BCUT2D eigenvalue weighted by atomic mass is 9.87. The lowest BCUT2D eigenvalue weighted by Gasteiger charge is -2.27. The Morgan fingerprint density at radius 2 is 1.84 bits per heavy atom. The van der Waals surface area contributed by atoms with Crippen molar-refractivity contribution in [2.24, 2.45) is 13.0 Å². The number of nitrogens with one attached hydrogen (secondary N) is 1. The molecule has 0 aromatic carbocycles.